The van der Waals surface area contributed by atoms with Crippen molar-refractivity contribution in [2.24, 2.45) is 4.99 Å². The second kappa shape index (κ2) is 8.20. The molecule has 0 bridgehead atoms. The van der Waals surface area contributed by atoms with Crippen molar-refractivity contribution in [1.82, 2.24) is 15.1 Å². The van der Waals surface area contributed by atoms with Gasteiger partial charge in [0.2, 0.25) is 5.96 Å². The highest BCUT2D eigenvalue weighted by molar-refractivity contribution is 7.15. The minimum absolute atomic E-state index is 0.0224. The molecule has 2 aromatic rings. The molecule has 1 aromatic carbocycles. The summed E-state index contributed by atoms with van der Waals surface area (Å²) in [5.41, 5.74) is 3.27. The van der Waals surface area contributed by atoms with Crippen molar-refractivity contribution >= 4 is 34.6 Å². The second-order valence-electron chi connectivity index (χ2n) is 8.33. The van der Waals surface area contributed by atoms with Crippen LogP contribution in [-0.4, -0.2) is 40.8 Å². The first kappa shape index (κ1) is 19.8. The molecule has 1 N–H and O–H groups in total. The van der Waals surface area contributed by atoms with Crippen LogP contribution in [0.1, 0.15) is 57.8 Å². The number of benzene rings is 1. The number of carbonyl (C=O) groups excluding carboxylic acids is 1. The molecule has 1 aliphatic carbocycles. The Bertz CT molecular complexity index is 1100. The van der Waals surface area contributed by atoms with Crippen molar-refractivity contribution in [1.29, 1.82) is 5.26 Å². The number of nitrogens with zero attached hydrogens (tertiary/aromatic N) is 4. The molecule has 0 unspecified atom stereocenters. The summed E-state index contributed by atoms with van der Waals surface area (Å²) < 4.78 is 0. The monoisotopic (exact) mass is 431 g/mol. The topological polar surface area (TPSA) is 71.7 Å². The molecular weight excluding hydrogens is 406 g/mol. The quantitative estimate of drug-likeness (QED) is 0.775. The minimum atomic E-state index is -0.0224. The lowest BCUT2D eigenvalue weighted by Crippen LogP contribution is -2.46. The number of nitriles is 1. The third-order valence-corrected chi connectivity index (χ3v) is 7.18. The largest absolute Gasteiger partial charge is 0.349 e. The Balaban J connectivity index is 1.51. The maximum absolute atomic E-state index is 12.6. The van der Waals surface area contributed by atoms with E-state index >= 15 is 0 Å². The van der Waals surface area contributed by atoms with Gasteiger partial charge in [-0.25, -0.2) is 4.99 Å². The van der Waals surface area contributed by atoms with E-state index in [1.165, 1.54) is 17.8 Å². The van der Waals surface area contributed by atoms with Gasteiger partial charge in [-0.05, 0) is 49.8 Å². The SMILES string of the molecule is C=C1c2sc(C(=O)NC3CC3)cc2N=C(N2CCCCC2)N1Cc1ccccc1C#N. The number of guanidine groups is 1. The van der Waals surface area contributed by atoms with Crippen molar-refractivity contribution < 1.29 is 4.79 Å². The number of likely N-dealkylation sites (tertiary alicyclic amines) is 1. The summed E-state index contributed by atoms with van der Waals surface area (Å²) >= 11 is 1.45. The Morgan fingerprint density at radius 2 is 2.03 bits per heavy atom. The Labute approximate surface area is 186 Å². The standard InChI is InChI=1S/C24H25N5OS/c1-16-22-20(13-21(31-22)23(30)26-19-9-10-19)27-24(28-11-5-2-6-12-28)29(16)15-18-8-4-3-7-17(18)14-25/h3-4,7-8,13,19H,1-2,5-6,9-12,15H2,(H,26,30). The number of rotatable bonds is 4. The average Bonchev–Trinajstić information content (AvgIpc) is 3.51. The zero-order chi connectivity index (χ0) is 21.4. The lowest BCUT2D eigenvalue weighted by atomic mass is 10.1. The number of fused-ring (bicyclic) bond motifs is 1. The van der Waals surface area contributed by atoms with Gasteiger partial charge in [-0.15, -0.1) is 11.3 Å². The molecule has 3 heterocycles. The number of carbonyl (C=O) groups is 1. The van der Waals surface area contributed by atoms with Crippen molar-refractivity contribution in [3.8, 4) is 6.07 Å². The molecule has 3 aliphatic rings. The van der Waals surface area contributed by atoms with E-state index in [1.54, 1.807) is 0 Å². The molecule has 1 saturated carbocycles. The smallest absolute Gasteiger partial charge is 0.261 e. The number of amides is 1. The Hall–Kier alpha value is -3.11. The fraction of sp³-hybridized carbons (Fsp3) is 0.375. The summed E-state index contributed by atoms with van der Waals surface area (Å²) in [4.78, 5) is 23.7. The minimum Gasteiger partial charge on any atom is -0.349 e. The first-order chi connectivity index (χ1) is 15.1. The fourth-order valence-electron chi connectivity index (χ4n) is 4.12. The van der Waals surface area contributed by atoms with Gasteiger partial charge >= 0.3 is 0 Å². The molecule has 7 heteroatoms. The molecule has 1 amide bonds. The fourth-order valence-corrected chi connectivity index (χ4v) is 5.10. The normalized spacial score (nSPS) is 18.3. The van der Waals surface area contributed by atoms with Crippen LogP contribution < -0.4 is 5.32 Å². The van der Waals surface area contributed by atoms with E-state index < -0.39 is 0 Å². The van der Waals surface area contributed by atoms with E-state index in [0.29, 0.717) is 23.0 Å². The maximum Gasteiger partial charge on any atom is 0.261 e. The van der Waals surface area contributed by atoms with Crippen LogP contribution in [0.3, 0.4) is 0 Å². The molecule has 2 aliphatic heterocycles. The highest BCUT2D eigenvalue weighted by Crippen LogP contribution is 2.41. The van der Waals surface area contributed by atoms with Crippen molar-refractivity contribution in [2.45, 2.75) is 44.7 Å². The van der Waals surface area contributed by atoms with Crippen LogP contribution in [0, 0.1) is 11.3 Å². The third-order valence-electron chi connectivity index (χ3n) is 6.00. The lowest BCUT2D eigenvalue weighted by Gasteiger charge is -2.39. The Kier molecular flexibility index (Phi) is 5.24. The molecule has 6 nitrogen and oxygen atoms in total. The summed E-state index contributed by atoms with van der Waals surface area (Å²) in [6.45, 7) is 6.83. The Morgan fingerprint density at radius 3 is 2.77 bits per heavy atom. The predicted molar refractivity (Wildman–Crippen MR) is 123 cm³/mol. The van der Waals surface area contributed by atoms with Crippen LogP contribution in [0.5, 0.6) is 0 Å². The second-order valence-corrected chi connectivity index (χ2v) is 9.39. The molecule has 1 aromatic heterocycles. The molecular formula is C24H25N5OS. The summed E-state index contributed by atoms with van der Waals surface area (Å²) in [6.07, 6.45) is 5.64. The number of aliphatic imine (C=N–C) groups is 1. The molecule has 1 saturated heterocycles. The van der Waals surface area contributed by atoms with E-state index in [9.17, 15) is 10.1 Å². The Morgan fingerprint density at radius 1 is 1.26 bits per heavy atom. The number of hydrogen-bond acceptors (Lipinski definition) is 6. The summed E-state index contributed by atoms with van der Waals surface area (Å²) in [7, 11) is 0. The molecule has 158 valence electrons. The number of piperidine rings is 1. The zero-order valence-electron chi connectivity index (χ0n) is 17.4. The first-order valence-electron chi connectivity index (χ1n) is 10.9. The summed E-state index contributed by atoms with van der Waals surface area (Å²) in [6, 6.07) is 12.2. The number of thiophene rings is 1. The lowest BCUT2D eigenvalue weighted by molar-refractivity contribution is 0.0955. The van der Waals surface area contributed by atoms with E-state index in [0.717, 1.165) is 66.6 Å². The van der Waals surface area contributed by atoms with Gasteiger partial charge in [-0.2, -0.15) is 5.26 Å². The molecule has 2 fully saturated rings. The predicted octanol–water partition coefficient (Wildman–Crippen LogP) is 4.47. The molecule has 31 heavy (non-hydrogen) atoms. The van der Waals surface area contributed by atoms with Gasteiger partial charge in [0.15, 0.2) is 0 Å². The van der Waals surface area contributed by atoms with Crippen LogP contribution >= 0.6 is 11.3 Å². The average molecular weight is 432 g/mol. The van der Waals surface area contributed by atoms with Gasteiger partial charge in [0.25, 0.3) is 5.91 Å². The van der Waals surface area contributed by atoms with E-state index in [4.69, 9.17) is 4.99 Å². The molecule has 5 rings (SSSR count). The van der Waals surface area contributed by atoms with E-state index in [2.05, 4.69) is 27.8 Å². The van der Waals surface area contributed by atoms with E-state index in [-0.39, 0.29) is 5.91 Å². The number of hydrogen-bond donors (Lipinski definition) is 1. The van der Waals surface area contributed by atoms with Crippen molar-refractivity contribution in [3.63, 3.8) is 0 Å². The van der Waals surface area contributed by atoms with Crippen molar-refractivity contribution in [2.75, 3.05) is 13.1 Å². The van der Waals surface area contributed by atoms with Gasteiger partial charge in [-0.3, -0.25) is 4.79 Å². The van der Waals surface area contributed by atoms with Gasteiger partial charge in [0, 0.05) is 19.1 Å². The maximum atomic E-state index is 12.6. The zero-order valence-corrected chi connectivity index (χ0v) is 18.2. The third kappa shape index (κ3) is 3.96. The summed E-state index contributed by atoms with van der Waals surface area (Å²) in [5, 5.41) is 12.6. The van der Waals surface area contributed by atoms with Crippen LogP contribution in [0.15, 0.2) is 41.9 Å². The first-order valence-corrected chi connectivity index (χ1v) is 11.7. The van der Waals surface area contributed by atoms with Crippen LogP contribution in [0.2, 0.25) is 0 Å². The van der Waals surface area contributed by atoms with Crippen molar-refractivity contribution in [3.05, 3.63) is 57.8 Å². The van der Waals surface area contributed by atoms with E-state index in [1.807, 2.05) is 30.3 Å². The molecule has 0 spiro atoms. The molecule has 0 atom stereocenters. The van der Waals surface area contributed by atoms with Crippen LogP contribution in [-0.2, 0) is 6.54 Å². The highest BCUT2D eigenvalue weighted by atomic mass is 32.1. The molecule has 0 radical (unpaired) electrons. The van der Waals surface area contributed by atoms with Gasteiger partial charge in [-0.1, -0.05) is 24.8 Å². The summed E-state index contributed by atoms with van der Waals surface area (Å²) in [5.74, 6) is 0.850. The van der Waals surface area contributed by atoms with Gasteiger partial charge < -0.3 is 15.1 Å². The number of nitrogens with one attached hydrogen (secondary N) is 1. The van der Waals surface area contributed by atoms with Gasteiger partial charge in [0.1, 0.15) is 0 Å². The van der Waals surface area contributed by atoms with Gasteiger partial charge in [0.05, 0.1) is 39.3 Å². The van der Waals surface area contributed by atoms with Crippen LogP contribution in [0.25, 0.3) is 5.70 Å². The highest BCUT2D eigenvalue weighted by Gasteiger charge is 2.32. The van der Waals surface area contributed by atoms with Crippen LogP contribution in [0.4, 0.5) is 5.69 Å².